The monoisotopic (exact) mass is 461 g/mol. The Balaban J connectivity index is 1.79. The predicted octanol–water partition coefficient (Wildman–Crippen LogP) is 5.19. The normalized spacial score (nSPS) is 15.4. The van der Waals surface area contributed by atoms with E-state index in [9.17, 15) is 9.59 Å². The Kier molecular flexibility index (Phi) is 6.37. The first kappa shape index (κ1) is 21.2. The fourth-order valence-corrected chi connectivity index (χ4v) is 5.14. The second-order valence-electron chi connectivity index (χ2n) is 7.29. The summed E-state index contributed by atoms with van der Waals surface area (Å²) >= 11 is 13.7. The molecule has 0 spiro atoms. The maximum absolute atomic E-state index is 13.4. The summed E-state index contributed by atoms with van der Waals surface area (Å²) in [5.74, 6) is 0.0656. The van der Waals surface area contributed by atoms with Crippen LogP contribution in [0.2, 0.25) is 10.0 Å². The fraction of sp³-hybridized carbons (Fsp3) is 0.318. The second kappa shape index (κ2) is 9.00. The molecule has 5 nitrogen and oxygen atoms in total. The first-order chi connectivity index (χ1) is 14.5. The number of carbonyl (C=O) groups is 1. The molecule has 4 rings (SSSR count). The molecule has 0 radical (unpaired) electrons. The van der Waals surface area contributed by atoms with Crippen molar-refractivity contribution < 1.29 is 4.79 Å². The van der Waals surface area contributed by atoms with Crippen LogP contribution in [0.1, 0.15) is 26.2 Å². The number of piperidine rings is 1. The summed E-state index contributed by atoms with van der Waals surface area (Å²) in [4.78, 5) is 32.9. The van der Waals surface area contributed by atoms with Gasteiger partial charge in [-0.3, -0.25) is 14.2 Å². The Hall–Kier alpha value is -2.02. The number of aromatic nitrogens is 2. The molecule has 0 N–H and O–H groups in total. The zero-order valence-corrected chi connectivity index (χ0v) is 18.8. The van der Waals surface area contributed by atoms with Crippen LogP contribution in [0, 0.1) is 0 Å². The van der Waals surface area contributed by atoms with Crippen LogP contribution < -0.4 is 5.56 Å². The van der Waals surface area contributed by atoms with E-state index in [4.69, 9.17) is 28.2 Å². The first-order valence-corrected chi connectivity index (χ1v) is 11.5. The molecule has 30 heavy (non-hydrogen) atoms. The van der Waals surface area contributed by atoms with E-state index in [0.29, 0.717) is 31.8 Å². The lowest BCUT2D eigenvalue weighted by atomic mass is 10.1. The minimum atomic E-state index is -0.381. The van der Waals surface area contributed by atoms with Gasteiger partial charge >= 0.3 is 0 Å². The van der Waals surface area contributed by atoms with E-state index in [1.165, 1.54) is 16.3 Å². The van der Waals surface area contributed by atoms with Crippen LogP contribution in [-0.4, -0.2) is 38.7 Å². The van der Waals surface area contributed by atoms with Crippen LogP contribution >= 0.6 is 35.0 Å². The molecule has 2 heterocycles. The van der Waals surface area contributed by atoms with Gasteiger partial charge in [0.15, 0.2) is 5.16 Å². The van der Waals surface area contributed by atoms with E-state index in [0.717, 1.165) is 32.4 Å². The maximum Gasteiger partial charge on any atom is 0.266 e. The number of hydrogen-bond donors (Lipinski definition) is 0. The van der Waals surface area contributed by atoms with Gasteiger partial charge in [0.25, 0.3) is 5.56 Å². The molecule has 156 valence electrons. The Morgan fingerprint density at radius 1 is 1.10 bits per heavy atom. The van der Waals surface area contributed by atoms with Crippen LogP contribution in [0.3, 0.4) is 0 Å². The molecule has 0 aliphatic carbocycles. The Labute approximate surface area is 189 Å². The Bertz CT molecular complexity index is 1160. The highest BCUT2D eigenvalue weighted by molar-refractivity contribution is 8.00. The van der Waals surface area contributed by atoms with Gasteiger partial charge in [-0.15, -0.1) is 0 Å². The van der Waals surface area contributed by atoms with Gasteiger partial charge in [0.1, 0.15) is 0 Å². The standard InChI is InChI=1S/C22H21Cl2N3O2S/c1-14(20(28)26-11-5-2-6-12-26)30-22-25-18-8-4-3-7-16(18)21(29)27(22)19-10-9-15(23)13-17(19)24/h3-4,7-10,13-14H,2,5-6,11-12H2,1H3. The smallest absolute Gasteiger partial charge is 0.266 e. The highest BCUT2D eigenvalue weighted by atomic mass is 35.5. The number of benzene rings is 2. The van der Waals surface area contributed by atoms with Crippen molar-refractivity contribution in [3.05, 3.63) is 62.9 Å². The van der Waals surface area contributed by atoms with E-state index in [1.54, 1.807) is 36.4 Å². The average Bonchev–Trinajstić information content (AvgIpc) is 2.75. The number of para-hydroxylation sites is 1. The van der Waals surface area contributed by atoms with E-state index in [1.807, 2.05) is 17.9 Å². The zero-order chi connectivity index (χ0) is 21.3. The number of fused-ring (bicyclic) bond motifs is 1. The zero-order valence-electron chi connectivity index (χ0n) is 16.5. The summed E-state index contributed by atoms with van der Waals surface area (Å²) in [7, 11) is 0. The van der Waals surface area contributed by atoms with E-state index < -0.39 is 0 Å². The summed E-state index contributed by atoms with van der Waals surface area (Å²) in [6.07, 6.45) is 3.22. The SMILES string of the molecule is CC(Sc1nc2ccccc2c(=O)n1-c1ccc(Cl)cc1Cl)C(=O)N1CCCCC1. The molecular formula is C22H21Cl2N3O2S. The van der Waals surface area contributed by atoms with Gasteiger partial charge < -0.3 is 4.90 Å². The summed E-state index contributed by atoms with van der Waals surface area (Å²) in [6, 6.07) is 12.1. The van der Waals surface area contributed by atoms with E-state index >= 15 is 0 Å². The van der Waals surface area contributed by atoms with Crippen molar-refractivity contribution in [1.29, 1.82) is 0 Å². The molecule has 1 aliphatic rings. The highest BCUT2D eigenvalue weighted by Crippen LogP contribution is 2.30. The lowest BCUT2D eigenvalue weighted by Crippen LogP contribution is -2.40. The second-order valence-corrected chi connectivity index (χ2v) is 9.45. The minimum Gasteiger partial charge on any atom is -0.342 e. The van der Waals surface area contributed by atoms with Crippen LogP contribution in [0.4, 0.5) is 0 Å². The molecule has 1 aliphatic heterocycles. The number of halogens is 2. The van der Waals surface area contributed by atoms with Crippen molar-refractivity contribution in [2.24, 2.45) is 0 Å². The number of nitrogens with zero attached hydrogens (tertiary/aromatic N) is 3. The molecule has 1 saturated heterocycles. The molecule has 0 bridgehead atoms. The van der Waals surface area contributed by atoms with Crippen LogP contribution in [-0.2, 0) is 4.79 Å². The molecule has 1 fully saturated rings. The quantitative estimate of drug-likeness (QED) is 0.396. The van der Waals surface area contributed by atoms with Crippen molar-refractivity contribution in [2.45, 2.75) is 36.6 Å². The van der Waals surface area contributed by atoms with Crippen molar-refractivity contribution >= 4 is 51.8 Å². The van der Waals surface area contributed by atoms with Gasteiger partial charge in [0.05, 0.1) is 26.9 Å². The predicted molar refractivity (Wildman–Crippen MR) is 123 cm³/mol. The number of likely N-dealkylation sites (tertiary alicyclic amines) is 1. The number of thioether (sulfide) groups is 1. The fourth-order valence-electron chi connectivity index (χ4n) is 3.65. The molecule has 8 heteroatoms. The van der Waals surface area contributed by atoms with Gasteiger partial charge in [0, 0.05) is 18.1 Å². The van der Waals surface area contributed by atoms with E-state index in [-0.39, 0.29) is 16.7 Å². The van der Waals surface area contributed by atoms with E-state index in [2.05, 4.69) is 0 Å². The lowest BCUT2D eigenvalue weighted by molar-refractivity contribution is -0.131. The molecule has 1 amide bonds. The van der Waals surface area contributed by atoms with Crippen LogP contribution in [0.5, 0.6) is 0 Å². The summed E-state index contributed by atoms with van der Waals surface area (Å²) in [5.41, 5.74) is 0.846. The number of carbonyl (C=O) groups excluding carboxylic acids is 1. The number of rotatable bonds is 4. The molecule has 1 atom stereocenters. The van der Waals surface area contributed by atoms with Gasteiger partial charge in [0.2, 0.25) is 5.91 Å². The molecular weight excluding hydrogens is 441 g/mol. The summed E-state index contributed by atoms with van der Waals surface area (Å²) in [5, 5.41) is 1.36. The Morgan fingerprint density at radius 2 is 1.83 bits per heavy atom. The third-order valence-electron chi connectivity index (χ3n) is 5.19. The average molecular weight is 462 g/mol. The first-order valence-electron chi connectivity index (χ1n) is 9.88. The largest absolute Gasteiger partial charge is 0.342 e. The molecule has 2 aromatic carbocycles. The van der Waals surface area contributed by atoms with Crippen molar-refractivity contribution in [2.75, 3.05) is 13.1 Å². The lowest BCUT2D eigenvalue weighted by Gasteiger charge is -2.29. The third-order valence-corrected chi connectivity index (χ3v) is 6.77. The van der Waals surface area contributed by atoms with Gasteiger partial charge in [-0.05, 0) is 56.5 Å². The number of hydrogen-bond acceptors (Lipinski definition) is 4. The molecule has 3 aromatic rings. The van der Waals surface area contributed by atoms with Crippen molar-refractivity contribution in [3.63, 3.8) is 0 Å². The number of amides is 1. The van der Waals surface area contributed by atoms with Gasteiger partial charge in [-0.2, -0.15) is 0 Å². The molecule has 0 saturated carbocycles. The van der Waals surface area contributed by atoms with Crippen molar-refractivity contribution in [3.8, 4) is 5.69 Å². The topological polar surface area (TPSA) is 55.2 Å². The van der Waals surface area contributed by atoms with Crippen molar-refractivity contribution in [1.82, 2.24) is 14.5 Å². The maximum atomic E-state index is 13.4. The van der Waals surface area contributed by atoms with Crippen LogP contribution in [0.25, 0.3) is 16.6 Å². The summed E-state index contributed by atoms with van der Waals surface area (Å²) < 4.78 is 1.48. The third kappa shape index (κ3) is 4.22. The van der Waals surface area contributed by atoms with Gasteiger partial charge in [-0.25, -0.2) is 4.98 Å². The molecule has 1 aromatic heterocycles. The van der Waals surface area contributed by atoms with Gasteiger partial charge in [-0.1, -0.05) is 47.1 Å². The summed E-state index contributed by atoms with van der Waals surface area (Å²) in [6.45, 7) is 3.42. The van der Waals surface area contributed by atoms with Crippen LogP contribution in [0.15, 0.2) is 52.4 Å². The molecule has 1 unspecified atom stereocenters. The highest BCUT2D eigenvalue weighted by Gasteiger charge is 2.25. The Morgan fingerprint density at radius 3 is 2.57 bits per heavy atom. The minimum absolute atomic E-state index is 0.0656.